The second-order valence-electron chi connectivity index (χ2n) is 3.96. The van der Waals surface area contributed by atoms with Gasteiger partial charge in [0.15, 0.2) is 0 Å². The number of hydrogen-bond acceptors (Lipinski definition) is 2. The summed E-state index contributed by atoms with van der Waals surface area (Å²) in [6.07, 6.45) is 3.24. The van der Waals surface area contributed by atoms with Crippen molar-refractivity contribution < 1.29 is 5.11 Å². The summed E-state index contributed by atoms with van der Waals surface area (Å²) in [5.74, 6) is 0.524. The molecule has 1 nitrogen and oxygen atoms in total. The van der Waals surface area contributed by atoms with Gasteiger partial charge in [0.25, 0.3) is 0 Å². The largest absolute Gasteiger partial charge is 0.384 e. The Morgan fingerprint density at radius 2 is 2.23 bits per heavy atom. The highest BCUT2D eigenvalue weighted by atomic mass is 32.1. The molecule has 1 aliphatic carbocycles. The molecule has 1 fully saturated rings. The van der Waals surface area contributed by atoms with E-state index in [1.54, 1.807) is 11.3 Å². The summed E-state index contributed by atoms with van der Waals surface area (Å²) in [5, 5.41) is 10.5. The number of thiophene rings is 1. The van der Waals surface area contributed by atoms with Crippen molar-refractivity contribution in [2.45, 2.75) is 38.7 Å². The topological polar surface area (TPSA) is 20.2 Å². The van der Waals surface area contributed by atoms with E-state index in [0.717, 1.165) is 11.3 Å². The number of hydrogen-bond donors (Lipinski definition) is 1. The zero-order chi connectivity index (χ0) is 9.47. The molecule has 0 bridgehead atoms. The van der Waals surface area contributed by atoms with E-state index in [-0.39, 0.29) is 0 Å². The Balaban J connectivity index is 2.29. The average Bonchev–Trinajstić information content (AvgIpc) is 2.89. The lowest BCUT2D eigenvalue weighted by Crippen LogP contribution is -2.25. The molecule has 1 aliphatic rings. The molecular weight excluding hydrogens is 180 g/mol. The Kier molecular flexibility index (Phi) is 2.20. The molecule has 0 aliphatic heterocycles. The van der Waals surface area contributed by atoms with Gasteiger partial charge in [-0.2, -0.15) is 0 Å². The van der Waals surface area contributed by atoms with E-state index in [2.05, 4.69) is 26.0 Å². The van der Waals surface area contributed by atoms with Crippen LogP contribution in [0.1, 0.15) is 35.9 Å². The fraction of sp³-hybridized carbons (Fsp3) is 0.636. The molecule has 0 radical (unpaired) electrons. The summed E-state index contributed by atoms with van der Waals surface area (Å²) < 4.78 is 0. The maximum atomic E-state index is 10.5. The summed E-state index contributed by atoms with van der Waals surface area (Å²) in [5.41, 5.74) is -0.515. The van der Waals surface area contributed by atoms with Crippen LogP contribution in [0, 0.1) is 12.8 Å². The maximum Gasteiger partial charge on any atom is 0.101 e. The van der Waals surface area contributed by atoms with Crippen molar-refractivity contribution in [3.05, 3.63) is 21.9 Å². The van der Waals surface area contributed by atoms with Gasteiger partial charge in [-0.25, -0.2) is 0 Å². The van der Waals surface area contributed by atoms with Crippen molar-refractivity contribution >= 4 is 11.3 Å². The molecule has 0 spiro atoms. The molecule has 0 aromatic carbocycles. The van der Waals surface area contributed by atoms with Gasteiger partial charge >= 0.3 is 0 Å². The van der Waals surface area contributed by atoms with Gasteiger partial charge in [-0.15, -0.1) is 11.3 Å². The molecular formula is C11H16OS. The van der Waals surface area contributed by atoms with E-state index in [9.17, 15) is 5.11 Å². The number of aryl methyl sites for hydroxylation is 1. The quantitative estimate of drug-likeness (QED) is 0.787. The van der Waals surface area contributed by atoms with E-state index in [1.807, 2.05) is 0 Å². The van der Waals surface area contributed by atoms with Crippen molar-refractivity contribution in [3.8, 4) is 0 Å². The van der Waals surface area contributed by atoms with Gasteiger partial charge in [-0.1, -0.05) is 6.92 Å². The van der Waals surface area contributed by atoms with Gasteiger partial charge in [0.1, 0.15) is 5.60 Å². The van der Waals surface area contributed by atoms with Crippen LogP contribution in [0.5, 0.6) is 0 Å². The molecule has 1 unspecified atom stereocenters. The van der Waals surface area contributed by atoms with Crippen molar-refractivity contribution in [3.63, 3.8) is 0 Å². The first-order valence-corrected chi connectivity index (χ1v) is 5.77. The van der Waals surface area contributed by atoms with Crippen LogP contribution in [0.3, 0.4) is 0 Å². The molecule has 1 N–H and O–H groups in total. The van der Waals surface area contributed by atoms with Crippen LogP contribution in [0.15, 0.2) is 12.1 Å². The molecule has 1 aromatic heterocycles. The second kappa shape index (κ2) is 3.10. The molecule has 1 saturated carbocycles. The third kappa shape index (κ3) is 1.53. The van der Waals surface area contributed by atoms with E-state index in [1.165, 1.54) is 17.7 Å². The minimum atomic E-state index is -0.515. The van der Waals surface area contributed by atoms with Crippen LogP contribution < -0.4 is 0 Å². The van der Waals surface area contributed by atoms with Gasteiger partial charge in [0, 0.05) is 9.75 Å². The highest BCUT2D eigenvalue weighted by Gasteiger charge is 2.44. The average molecular weight is 196 g/mol. The molecule has 13 heavy (non-hydrogen) atoms. The van der Waals surface area contributed by atoms with Crippen LogP contribution in [0.4, 0.5) is 0 Å². The first-order chi connectivity index (χ1) is 6.16. The molecule has 1 atom stereocenters. The highest BCUT2D eigenvalue weighted by Crippen LogP contribution is 2.49. The van der Waals surface area contributed by atoms with Crippen LogP contribution >= 0.6 is 11.3 Å². The first kappa shape index (κ1) is 9.22. The Morgan fingerprint density at radius 3 is 2.62 bits per heavy atom. The summed E-state index contributed by atoms with van der Waals surface area (Å²) in [4.78, 5) is 2.46. The Hall–Kier alpha value is -0.340. The Morgan fingerprint density at radius 1 is 1.54 bits per heavy atom. The molecule has 0 saturated heterocycles. The van der Waals surface area contributed by atoms with Crippen LogP contribution in [-0.4, -0.2) is 5.11 Å². The number of aliphatic hydroxyl groups is 1. The molecule has 1 aromatic rings. The zero-order valence-corrected chi connectivity index (χ0v) is 9.03. The Labute approximate surface area is 83.4 Å². The van der Waals surface area contributed by atoms with E-state index in [4.69, 9.17) is 0 Å². The van der Waals surface area contributed by atoms with Gasteiger partial charge in [0.05, 0.1) is 0 Å². The van der Waals surface area contributed by atoms with E-state index >= 15 is 0 Å². The minimum absolute atomic E-state index is 0.515. The zero-order valence-electron chi connectivity index (χ0n) is 8.21. The van der Waals surface area contributed by atoms with E-state index < -0.39 is 5.60 Å². The van der Waals surface area contributed by atoms with E-state index in [0.29, 0.717) is 5.92 Å². The molecule has 1 heterocycles. The summed E-state index contributed by atoms with van der Waals surface area (Å²) in [7, 11) is 0. The molecule has 72 valence electrons. The maximum absolute atomic E-state index is 10.5. The number of rotatable bonds is 3. The third-order valence-corrected chi connectivity index (χ3v) is 4.13. The summed E-state index contributed by atoms with van der Waals surface area (Å²) in [6, 6.07) is 4.19. The standard InChI is InChI=1S/C11H16OS/c1-3-11(12,9-5-6-9)10-7-4-8(2)13-10/h4,7,9,12H,3,5-6H2,1-2H3. The van der Waals surface area contributed by atoms with Crippen molar-refractivity contribution in [2.24, 2.45) is 5.92 Å². The van der Waals surface area contributed by atoms with Crippen LogP contribution in [0.2, 0.25) is 0 Å². The fourth-order valence-electron chi connectivity index (χ4n) is 1.89. The lowest BCUT2D eigenvalue weighted by Gasteiger charge is -2.25. The predicted octanol–water partition coefficient (Wildman–Crippen LogP) is 3.06. The molecule has 2 rings (SSSR count). The second-order valence-corrected chi connectivity index (χ2v) is 5.25. The lowest BCUT2D eigenvalue weighted by atomic mass is 9.93. The fourth-order valence-corrected chi connectivity index (χ4v) is 3.00. The molecule has 0 amide bonds. The van der Waals surface area contributed by atoms with Gasteiger partial charge in [-0.05, 0) is 44.2 Å². The normalized spacial score (nSPS) is 21.5. The Bertz CT molecular complexity index is 301. The summed E-state index contributed by atoms with van der Waals surface area (Å²) in [6.45, 7) is 4.17. The predicted molar refractivity (Wildman–Crippen MR) is 56.0 cm³/mol. The smallest absolute Gasteiger partial charge is 0.101 e. The molecule has 2 heteroatoms. The van der Waals surface area contributed by atoms with Crippen molar-refractivity contribution in [1.29, 1.82) is 0 Å². The lowest BCUT2D eigenvalue weighted by molar-refractivity contribution is 0.0126. The SMILES string of the molecule is CCC(O)(c1ccc(C)s1)C1CC1. The van der Waals surface area contributed by atoms with Crippen LogP contribution in [0.25, 0.3) is 0 Å². The minimum Gasteiger partial charge on any atom is -0.384 e. The first-order valence-electron chi connectivity index (χ1n) is 4.96. The van der Waals surface area contributed by atoms with Crippen molar-refractivity contribution in [1.82, 2.24) is 0 Å². The summed E-state index contributed by atoms with van der Waals surface area (Å²) >= 11 is 1.74. The van der Waals surface area contributed by atoms with Gasteiger partial charge in [-0.3, -0.25) is 0 Å². The monoisotopic (exact) mass is 196 g/mol. The van der Waals surface area contributed by atoms with Crippen LogP contribution in [-0.2, 0) is 5.60 Å². The van der Waals surface area contributed by atoms with Crippen molar-refractivity contribution in [2.75, 3.05) is 0 Å². The van der Waals surface area contributed by atoms with Gasteiger partial charge in [0.2, 0.25) is 0 Å². The van der Waals surface area contributed by atoms with Gasteiger partial charge < -0.3 is 5.11 Å². The highest BCUT2D eigenvalue weighted by molar-refractivity contribution is 7.12. The third-order valence-electron chi connectivity index (χ3n) is 2.96.